The van der Waals surface area contributed by atoms with Gasteiger partial charge in [0.2, 0.25) is 5.90 Å². The van der Waals surface area contributed by atoms with Crippen molar-refractivity contribution in [2.24, 2.45) is 4.99 Å². The molecule has 0 N–H and O–H groups in total. The molecule has 2 aromatic carbocycles. The Morgan fingerprint density at radius 3 is 2.48 bits per heavy atom. The molecule has 0 unspecified atom stereocenters. The van der Waals surface area contributed by atoms with Crippen LogP contribution in [0.2, 0.25) is 0 Å². The number of aliphatic imine (C=N–C) groups is 1. The number of hydrogen-bond donors (Lipinski definition) is 0. The highest BCUT2D eigenvalue weighted by atomic mass is 127. The van der Waals surface area contributed by atoms with Crippen molar-refractivity contribution in [3.8, 4) is 11.5 Å². The highest BCUT2D eigenvalue weighted by Gasteiger charge is 2.24. The quantitative estimate of drug-likeness (QED) is 0.279. The number of hydrogen-bond acceptors (Lipinski definition) is 5. The predicted octanol–water partition coefficient (Wildman–Crippen LogP) is 5.04. The van der Waals surface area contributed by atoms with Gasteiger partial charge < -0.3 is 14.2 Å². The number of carbonyl (C=O) groups excluding carboxylic acids is 1. The molecule has 1 aliphatic rings. The number of methoxy groups -OCH3 is 1. The molecule has 0 aliphatic carbocycles. The van der Waals surface area contributed by atoms with Crippen LogP contribution in [0.25, 0.3) is 6.08 Å². The number of benzene rings is 2. The Labute approximate surface area is 185 Å². The molecule has 3 rings (SSSR count). The van der Waals surface area contributed by atoms with Crippen LogP contribution in [0.5, 0.6) is 11.5 Å². The summed E-state index contributed by atoms with van der Waals surface area (Å²) in [6.07, 6.45) is 1.72. The van der Waals surface area contributed by atoms with E-state index in [1.54, 1.807) is 13.2 Å². The molecule has 0 aromatic heterocycles. The molecule has 1 heterocycles. The van der Waals surface area contributed by atoms with Crippen molar-refractivity contribution in [2.75, 3.05) is 7.11 Å². The van der Waals surface area contributed by atoms with Crippen LogP contribution in [0, 0.1) is 7.14 Å². The van der Waals surface area contributed by atoms with Crippen molar-refractivity contribution >= 4 is 63.1 Å². The number of cyclic esters (lactones) is 1. The summed E-state index contributed by atoms with van der Waals surface area (Å²) in [7, 11) is 1.59. The predicted molar refractivity (Wildman–Crippen MR) is 121 cm³/mol. The van der Waals surface area contributed by atoms with Crippen LogP contribution >= 0.6 is 45.2 Å². The number of carbonyl (C=O) groups is 1. The van der Waals surface area contributed by atoms with Gasteiger partial charge in [-0.2, -0.15) is 0 Å². The summed E-state index contributed by atoms with van der Waals surface area (Å²) in [6, 6.07) is 11.4. The van der Waals surface area contributed by atoms with Gasteiger partial charge in [-0.25, -0.2) is 9.79 Å². The van der Waals surface area contributed by atoms with Crippen LogP contribution in [0.1, 0.15) is 25.0 Å². The van der Waals surface area contributed by atoms with Gasteiger partial charge in [0, 0.05) is 9.13 Å². The van der Waals surface area contributed by atoms with Gasteiger partial charge in [-0.15, -0.1) is 0 Å². The molecule has 2 aromatic rings. The first kappa shape index (κ1) is 20.1. The number of rotatable bonds is 5. The normalized spacial score (nSPS) is 15.1. The second kappa shape index (κ2) is 8.59. The third kappa shape index (κ3) is 4.81. The summed E-state index contributed by atoms with van der Waals surface area (Å²) in [6.45, 7) is 3.92. The van der Waals surface area contributed by atoms with Crippen molar-refractivity contribution in [2.45, 2.75) is 20.0 Å². The van der Waals surface area contributed by atoms with E-state index in [1.807, 2.05) is 50.2 Å². The Bertz CT molecular complexity index is 934. The highest BCUT2D eigenvalue weighted by molar-refractivity contribution is 14.1. The van der Waals surface area contributed by atoms with Crippen LogP contribution in [0.15, 0.2) is 47.1 Å². The zero-order valence-corrected chi connectivity index (χ0v) is 19.3. The van der Waals surface area contributed by atoms with Crippen molar-refractivity contribution in [1.29, 1.82) is 0 Å². The van der Waals surface area contributed by atoms with E-state index < -0.39 is 5.97 Å². The minimum absolute atomic E-state index is 0.0301. The lowest BCUT2D eigenvalue weighted by molar-refractivity contribution is -0.129. The van der Waals surface area contributed by atoms with Crippen LogP contribution < -0.4 is 9.47 Å². The topological polar surface area (TPSA) is 57.1 Å². The SMILES string of the molecule is COc1cc(/C=C2\N=C(c3ccc(I)cc3)OC2=O)cc(I)c1OC(C)C. The first-order chi connectivity index (χ1) is 12.9. The van der Waals surface area contributed by atoms with E-state index >= 15 is 0 Å². The van der Waals surface area contributed by atoms with E-state index in [9.17, 15) is 4.79 Å². The van der Waals surface area contributed by atoms with E-state index in [-0.39, 0.29) is 11.8 Å². The number of halogens is 2. The van der Waals surface area contributed by atoms with Crippen LogP contribution in [-0.4, -0.2) is 25.1 Å². The van der Waals surface area contributed by atoms with Crippen LogP contribution in [0.4, 0.5) is 0 Å². The third-order valence-electron chi connectivity index (χ3n) is 3.62. The van der Waals surface area contributed by atoms with Gasteiger partial charge in [-0.3, -0.25) is 0 Å². The molecular formula is C20H17I2NO4. The molecule has 5 nitrogen and oxygen atoms in total. The lowest BCUT2D eigenvalue weighted by Crippen LogP contribution is -2.08. The minimum Gasteiger partial charge on any atom is -0.493 e. The van der Waals surface area contributed by atoms with Gasteiger partial charge >= 0.3 is 5.97 Å². The number of nitrogens with zero attached hydrogens (tertiary/aromatic N) is 1. The van der Waals surface area contributed by atoms with Crippen molar-refractivity contribution in [3.05, 3.63) is 60.4 Å². The smallest absolute Gasteiger partial charge is 0.363 e. The molecule has 0 saturated heterocycles. The van der Waals surface area contributed by atoms with E-state index in [2.05, 4.69) is 50.2 Å². The monoisotopic (exact) mass is 589 g/mol. The third-order valence-corrected chi connectivity index (χ3v) is 5.14. The van der Waals surface area contributed by atoms with E-state index in [1.165, 1.54) is 0 Å². The van der Waals surface area contributed by atoms with Gasteiger partial charge in [0.05, 0.1) is 16.8 Å². The molecule has 27 heavy (non-hydrogen) atoms. The standard InChI is InChI=1S/C20H17I2NO4/c1-11(2)26-18-15(22)8-12(10-17(18)25-3)9-16-20(24)27-19(23-16)13-4-6-14(21)7-5-13/h4-11H,1-3H3/b16-9-. The summed E-state index contributed by atoms with van der Waals surface area (Å²) in [5.41, 5.74) is 1.80. The van der Waals surface area contributed by atoms with Crippen molar-refractivity contribution in [1.82, 2.24) is 0 Å². The van der Waals surface area contributed by atoms with Gasteiger partial charge in [-0.05, 0) is 107 Å². The van der Waals surface area contributed by atoms with E-state index in [0.29, 0.717) is 17.4 Å². The average Bonchev–Trinajstić information content (AvgIpc) is 2.98. The Morgan fingerprint density at radius 1 is 1.15 bits per heavy atom. The Hall–Kier alpha value is -1.62. The molecule has 0 spiro atoms. The van der Waals surface area contributed by atoms with Gasteiger partial charge in [-0.1, -0.05) is 0 Å². The Kier molecular flexibility index (Phi) is 6.40. The summed E-state index contributed by atoms with van der Waals surface area (Å²) >= 11 is 4.41. The molecule has 0 bridgehead atoms. The minimum atomic E-state index is -0.472. The highest BCUT2D eigenvalue weighted by Crippen LogP contribution is 2.35. The van der Waals surface area contributed by atoms with Crippen LogP contribution in [0.3, 0.4) is 0 Å². The molecule has 0 saturated carbocycles. The lowest BCUT2D eigenvalue weighted by atomic mass is 10.1. The molecular weight excluding hydrogens is 572 g/mol. The number of ether oxygens (including phenoxy) is 3. The Balaban J connectivity index is 1.95. The fourth-order valence-electron chi connectivity index (χ4n) is 2.46. The first-order valence-electron chi connectivity index (χ1n) is 8.20. The molecule has 0 amide bonds. The maximum Gasteiger partial charge on any atom is 0.363 e. The molecule has 0 atom stereocenters. The molecule has 1 aliphatic heterocycles. The molecule has 140 valence electrons. The average molecular weight is 589 g/mol. The maximum absolute atomic E-state index is 12.2. The largest absolute Gasteiger partial charge is 0.493 e. The molecule has 7 heteroatoms. The zero-order valence-electron chi connectivity index (χ0n) is 15.0. The summed E-state index contributed by atoms with van der Waals surface area (Å²) < 4.78 is 18.6. The van der Waals surface area contributed by atoms with Gasteiger partial charge in [0.25, 0.3) is 0 Å². The molecule has 0 fully saturated rings. The zero-order chi connectivity index (χ0) is 19.6. The summed E-state index contributed by atoms with van der Waals surface area (Å²) in [5, 5.41) is 0. The van der Waals surface area contributed by atoms with Gasteiger partial charge in [0.15, 0.2) is 17.2 Å². The molecule has 0 radical (unpaired) electrons. The first-order valence-corrected chi connectivity index (χ1v) is 10.4. The summed E-state index contributed by atoms with van der Waals surface area (Å²) in [4.78, 5) is 16.6. The van der Waals surface area contributed by atoms with Crippen LogP contribution in [-0.2, 0) is 9.53 Å². The number of esters is 1. The Morgan fingerprint density at radius 2 is 1.85 bits per heavy atom. The fraction of sp³-hybridized carbons (Fsp3) is 0.200. The lowest BCUT2D eigenvalue weighted by Gasteiger charge is -2.15. The van der Waals surface area contributed by atoms with Crippen molar-refractivity contribution < 1.29 is 19.0 Å². The second-order valence-electron chi connectivity index (χ2n) is 6.04. The van der Waals surface area contributed by atoms with Crippen molar-refractivity contribution in [3.63, 3.8) is 0 Å². The van der Waals surface area contributed by atoms with Gasteiger partial charge in [0.1, 0.15) is 0 Å². The summed E-state index contributed by atoms with van der Waals surface area (Å²) in [5.74, 6) is 1.13. The maximum atomic E-state index is 12.2. The fourth-order valence-corrected chi connectivity index (χ4v) is 3.57. The van der Waals surface area contributed by atoms with E-state index in [4.69, 9.17) is 14.2 Å². The second-order valence-corrected chi connectivity index (χ2v) is 8.45. The van der Waals surface area contributed by atoms with E-state index in [0.717, 1.165) is 18.3 Å².